The second kappa shape index (κ2) is 27.5. The Morgan fingerprint density at radius 3 is 1.20 bits per heavy atom. The highest BCUT2D eigenvalue weighted by atomic mass is 16.8. The number of hydrogen-bond acceptors (Lipinski definition) is 18. The number of rotatable bonds is 15. The molecule has 4 saturated heterocycles. The molecule has 8 aromatic rings. The first-order chi connectivity index (χ1) is 44.6. The van der Waals surface area contributed by atoms with Crippen LogP contribution in [-0.4, -0.2) is 146 Å². The molecule has 4 aliphatic heterocycles. The van der Waals surface area contributed by atoms with Crippen LogP contribution in [0.5, 0.6) is 0 Å². The van der Waals surface area contributed by atoms with Gasteiger partial charge in [-0.3, -0.25) is 51.6 Å². The second-order valence-electron chi connectivity index (χ2n) is 27.1. The van der Waals surface area contributed by atoms with Crippen LogP contribution in [0.1, 0.15) is 99.9 Å². The lowest BCUT2D eigenvalue weighted by Crippen LogP contribution is -2.47. The predicted octanol–water partition coefficient (Wildman–Crippen LogP) is 5.38. The van der Waals surface area contributed by atoms with Crippen LogP contribution in [0.15, 0.2) is 126 Å². The highest BCUT2D eigenvalue weighted by Crippen LogP contribution is 2.38. The molecular formula is C71H88N6O18. The lowest BCUT2D eigenvalue weighted by Gasteiger charge is -2.25. The van der Waals surface area contributed by atoms with E-state index in [9.17, 15) is 44.1 Å². The molecule has 0 amide bonds. The molecule has 5 aromatic carbocycles. The fraction of sp³-hybridized carbons (Fsp3) is 0.493. The zero-order valence-electron chi connectivity index (χ0n) is 56.3. The van der Waals surface area contributed by atoms with E-state index < -0.39 is 112 Å². The van der Waals surface area contributed by atoms with Gasteiger partial charge in [0.1, 0.15) is 54.9 Å². The maximum atomic E-state index is 13.5. The minimum absolute atomic E-state index is 0.160. The highest BCUT2D eigenvalue weighted by molar-refractivity contribution is 5.79. The average molecular weight is 1310 g/mol. The highest BCUT2D eigenvalue weighted by Gasteiger charge is 2.51. The summed E-state index contributed by atoms with van der Waals surface area (Å²) in [6, 6.07) is 30.3. The number of hydrogen-bond donors (Lipinski definition) is 5. The molecule has 0 bridgehead atoms. The zero-order chi connectivity index (χ0) is 69.0. The minimum atomic E-state index is -1.67. The molecule has 9 atom stereocenters. The SMILES string of the molecule is Cc1cc2[nH]c(=O)c(=O)n(C[C@@H]3OC(C)(C)O[C@@H]3[C@H]3COC(C)(C)O3)c2cc1C.Cc1cc2c(cc1C)n(C[C@@H]1OC(C)(C)O[C@@H]1[C@H]1COC(C)(C)O1)c(=O)c(=O)n2Cc1ccccc1.Cc1cc2c(cc1C)n(C[C@H](O)[C@H](O)[C@H](O)CO)c(=O)c(=O)n2Cc1ccccc1. The van der Waals surface area contributed by atoms with Crippen molar-refractivity contribution in [1.29, 1.82) is 0 Å². The Morgan fingerprint density at radius 1 is 0.442 bits per heavy atom. The Morgan fingerprint density at radius 2 is 0.800 bits per heavy atom. The van der Waals surface area contributed by atoms with E-state index in [1.807, 2.05) is 188 Å². The van der Waals surface area contributed by atoms with E-state index in [4.69, 9.17) is 43.0 Å². The maximum absolute atomic E-state index is 13.5. The normalized spacial score (nSPS) is 22.7. The summed E-state index contributed by atoms with van der Waals surface area (Å²) in [5.74, 6) is -3.12. The fourth-order valence-corrected chi connectivity index (χ4v) is 12.7. The largest absolute Gasteiger partial charge is 0.394 e. The smallest absolute Gasteiger partial charge is 0.317 e. The second-order valence-corrected chi connectivity index (χ2v) is 27.1. The van der Waals surface area contributed by atoms with E-state index in [0.29, 0.717) is 52.9 Å². The number of fused-ring (bicyclic) bond motifs is 3. The summed E-state index contributed by atoms with van der Waals surface area (Å²) < 4.78 is 55.3. The molecule has 0 saturated carbocycles. The number of ether oxygens (including phenoxy) is 8. The van der Waals surface area contributed by atoms with Crippen LogP contribution < -0.4 is 33.4 Å². The van der Waals surface area contributed by atoms with Crippen LogP contribution in [0.4, 0.5) is 0 Å². The van der Waals surface area contributed by atoms with Crippen LogP contribution >= 0.6 is 0 Å². The lowest BCUT2D eigenvalue weighted by atomic mass is 10.1. The molecule has 3 aromatic heterocycles. The Kier molecular flexibility index (Phi) is 20.3. The Bertz CT molecular complexity index is 4530. The molecule has 12 rings (SSSR count). The van der Waals surface area contributed by atoms with Gasteiger partial charge in [-0.25, -0.2) is 0 Å². The topological polar surface area (TPSA) is 298 Å². The molecule has 5 N–H and O–H groups in total. The molecule has 4 fully saturated rings. The van der Waals surface area contributed by atoms with Gasteiger partial charge in [0.2, 0.25) is 0 Å². The number of nitrogens with one attached hydrogen (secondary N) is 1. The number of aromatic nitrogens is 6. The van der Waals surface area contributed by atoms with Gasteiger partial charge in [0.25, 0.3) is 0 Å². The molecule has 4 aliphatic rings. The number of nitrogens with zero attached hydrogens (tertiary/aromatic N) is 5. The summed E-state index contributed by atoms with van der Waals surface area (Å²) in [5, 5.41) is 38.8. The maximum Gasteiger partial charge on any atom is 0.317 e. The van der Waals surface area contributed by atoms with E-state index in [-0.39, 0.29) is 31.8 Å². The van der Waals surface area contributed by atoms with Crippen LogP contribution in [0.3, 0.4) is 0 Å². The number of aromatic amines is 1. The summed E-state index contributed by atoms with van der Waals surface area (Å²) >= 11 is 0. The van der Waals surface area contributed by atoms with Crippen molar-refractivity contribution >= 4 is 33.1 Å². The summed E-state index contributed by atoms with van der Waals surface area (Å²) in [5.41, 5.74) is 7.43. The molecule has 24 nitrogen and oxygen atoms in total. The summed E-state index contributed by atoms with van der Waals surface area (Å²) in [6.45, 7) is 26.9. The van der Waals surface area contributed by atoms with Crippen molar-refractivity contribution in [2.24, 2.45) is 0 Å². The molecule has 95 heavy (non-hydrogen) atoms. The van der Waals surface area contributed by atoms with Gasteiger partial charge in [-0.15, -0.1) is 0 Å². The zero-order valence-corrected chi connectivity index (χ0v) is 56.3. The number of aliphatic hydroxyl groups excluding tert-OH is 4. The van der Waals surface area contributed by atoms with Crippen LogP contribution in [0.2, 0.25) is 0 Å². The summed E-state index contributed by atoms with van der Waals surface area (Å²) in [6.07, 6.45) is -7.34. The van der Waals surface area contributed by atoms with Gasteiger partial charge in [0.15, 0.2) is 23.1 Å². The van der Waals surface area contributed by atoms with E-state index in [0.717, 1.165) is 49.1 Å². The van der Waals surface area contributed by atoms with Crippen LogP contribution in [0, 0.1) is 41.5 Å². The number of H-pyrrole nitrogens is 1. The number of benzene rings is 5. The fourth-order valence-electron chi connectivity index (χ4n) is 12.7. The minimum Gasteiger partial charge on any atom is -0.394 e. The third-order valence-electron chi connectivity index (χ3n) is 18.0. The van der Waals surface area contributed by atoms with Crippen LogP contribution in [-0.2, 0) is 70.6 Å². The summed E-state index contributed by atoms with van der Waals surface area (Å²) in [4.78, 5) is 80.5. The quantitative estimate of drug-likeness (QED) is 0.0805. The van der Waals surface area contributed by atoms with Crippen molar-refractivity contribution in [2.45, 2.75) is 208 Å². The molecular weight excluding hydrogens is 1220 g/mol. The first kappa shape index (κ1) is 70.2. The molecule has 0 unspecified atom stereocenters. The lowest BCUT2D eigenvalue weighted by molar-refractivity contribution is -0.174. The third kappa shape index (κ3) is 15.3. The van der Waals surface area contributed by atoms with Gasteiger partial charge in [0, 0.05) is 0 Å². The van der Waals surface area contributed by atoms with Crippen molar-refractivity contribution in [1.82, 2.24) is 27.8 Å². The molecule has 0 spiro atoms. The molecule has 0 radical (unpaired) electrons. The van der Waals surface area contributed by atoms with Gasteiger partial charge in [-0.05, 0) is 178 Å². The van der Waals surface area contributed by atoms with Crippen molar-refractivity contribution in [3.63, 3.8) is 0 Å². The molecule has 24 heteroatoms. The Hall–Kier alpha value is -7.56. The summed E-state index contributed by atoms with van der Waals surface area (Å²) in [7, 11) is 0. The van der Waals surface area contributed by atoms with Crippen molar-refractivity contribution in [2.75, 3.05) is 19.8 Å². The van der Waals surface area contributed by atoms with E-state index >= 15 is 0 Å². The van der Waals surface area contributed by atoms with Gasteiger partial charge < -0.3 is 63.3 Å². The van der Waals surface area contributed by atoms with Gasteiger partial charge >= 0.3 is 33.4 Å². The monoisotopic (exact) mass is 1310 g/mol. The Balaban J connectivity index is 0.000000156. The first-order valence-corrected chi connectivity index (χ1v) is 31.9. The van der Waals surface area contributed by atoms with E-state index in [2.05, 4.69) is 4.98 Å². The number of aliphatic hydroxyl groups is 4. The van der Waals surface area contributed by atoms with Gasteiger partial charge in [0.05, 0.1) is 85.6 Å². The van der Waals surface area contributed by atoms with Crippen molar-refractivity contribution < 1.29 is 58.3 Å². The van der Waals surface area contributed by atoms with E-state index in [1.54, 1.807) is 10.6 Å². The molecule has 510 valence electrons. The standard InChI is InChI=1S/C28H34N2O6.C22H26N2O6.C21H28N2O6/c1-17-12-20-21(13-18(17)2)30(26(32)25(31)29(20)14-19-10-8-7-9-11-19)15-22-24(36-28(5,6)34-22)23-16-33-27(3,4)35-23;1-13-8-16-17(9-14(13)2)24(11-18(26)20(28)19(27)12-25)22(30)21(29)23(16)10-15-6-4-3-5-7-15;1-11-7-13-14(8-12(11)2)23(19(25)18(24)22-13)9-15-17(29-21(5,6)27-15)16-10-26-20(3,4)28-16/h7-13,22-24H,14-16H2,1-6H3;3-9,18-20,25-28H,10-12H2,1-2H3;7-8,15-17H,9-10H2,1-6H3,(H,22,24)/t22-,23+,24-;18-,19+,20-;15-,16+,17-/m000/s1. The first-order valence-electron chi connectivity index (χ1n) is 31.9. The van der Waals surface area contributed by atoms with Crippen LogP contribution in [0.25, 0.3) is 33.1 Å². The predicted molar refractivity (Wildman–Crippen MR) is 356 cm³/mol. The molecule has 7 heterocycles. The average Bonchev–Trinajstić information content (AvgIpc) is 1.16. The van der Waals surface area contributed by atoms with Gasteiger partial charge in [-0.1, -0.05) is 60.7 Å². The third-order valence-corrected chi connectivity index (χ3v) is 18.0. The van der Waals surface area contributed by atoms with Gasteiger partial charge in [-0.2, -0.15) is 0 Å². The van der Waals surface area contributed by atoms with Crippen molar-refractivity contribution in [3.8, 4) is 0 Å². The van der Waals surface area contributed by atoms with E-state index in [1.165, 1.54) is 13.7 Å². The number of aryl methyl sites for hydroxylation is 6. The van der Waals surface area contributed by atoms with Crippen molar-refractivity contribution in [3.05, 3.63) is 204 Å². The Labute approximate surface area is 548 Å². The molecule has 0 aliphatic carbocycles.